The number of fused-ring (bicyclic) bond motifs is 1. The molecule has 2 aromatic rings. The number of nitrogens with one attached hydrogen (secondary N) is 1. The van der Waals surface area contributed by atoms with E-state index in [1.807, 2.05) is 30.3 Å². The Bertz CT molecular complexity index is 924. The van der Waals surface area contributed by atoms with Crippen LogP contribution in [-0.2, 0) is 9.63 Å². The molecule has 2 aliphatic heterocycles. The summed E-state index contributed by atoms with van der Waals surface area (Å²) in [4.78, 5) is 55.2. The van der Waals surface area contributed by atoms with Gasteiger partial charge in [-0.1, -0.05) is 47.5 Å². The normalized spacial score (nSPS) is 18.7. The topological polar surface area (TPSA) is 96.0 Å². The Morgan fingerprint density at radius 2 is 1.57 bits per heavy atom. The molecule has 0 saturated carbocycles. The van der Waals surface area contributed by atoms with Crippen LogP contribution in [0.25, 0.3) is 0 Å². The zero-order valence-electron chi connectivity index (χ0n) is 14.8. The van der Waals surface area contributed by atoms with Gasteiger partial charge in [0.15, 0.2) is 0 Å². The number of hydrogen-bond donors (Lipinski definition) is 1. The van der Waals surface area contributed by atoms with Gasteiger partial charge >= 0.3 is 12.0 Å². The van der Waals surface area contributed by atoms with Crippen molar-refractivity contribution in [2.24, 2.45) is 0 Å². The van der Waals surface area contributed by atoms with Crippen LogP contribution in [0.15, 0.2) is 54.6 Å². The van der Waals surface area contributed by atoms with Crippen molar-refractivity contribution in [2.45, 2.75) is 12.5 Å². The number of carbonyl (C=O) groups excluding carboxylic acids is 4. The quantitative estimate of drug-likeness (QED) is 0.819. The lowest BCUT2D eigenvalue weighted by molar-refractivity contribution is -0.169. The Kier molecular flexibility index (Phi) is 4.52. The van der Waals surface area contributed by atoms with Gasteiger partial charge in [0, 0.05) is 6.54 Å². The van der Waals surface area contributed by atoms with Crippen molar-refractivity contribution in [2.75, 3.05) is 13.1 Å². The molecule has 28 heavy (non-hydrogen) atoms. The van der Waals surface area contributed by atoms with E-state index in [-0.39, 0.29) is 23.7 Å². The number of nitrogens with zero attached hydrogens (tertiary/aromatic N) is 2. The van der Waals surface area contributed by atoms with E-state index >= 15 is 0 Å². The fraction of sp³-hybridized carbons (Fsp3) is 0.200. The summed E-state index contributed by atoms with van der Waals surface area (Å²) in [5.74, 6) is -2.25. The maximum atomic E-state index is 12.3. The van der Waals surface area contributed by atoms with Gasteiger partial charge in [-0.25, -0.2) is 9.59 Å². The Hall–Kier alpha value is -3.68. The largest absolute Gasteiger partial charge is 0.352 e. The number of imide groups is 1. The molecule has 4 rings (SSSR count). The maximum absolute atomic E-state index is 12.3. The fourth-order valence-electron chi connectivity index (χ4n) is 3.32. The summed E-state index contributed by atoms with van der Waals surface area (Å²) in [5.41, 5.74) is 1.35. The van der Waals surface area contributed by atoms with Crippen LogP contribution >= 0.6 is 0 Å². The molecule has 142 valence electrons. The predicted octanol–water partition coefficient (Wildman–Crippen LogP) is 1.90. The van der Waals surface area contributed by atoms with Gasteiger partial charge < -0.3 is 15.1 Å². The molecule has 0 bridgehead atoms. The van der Waals surface area contributed by atoms with Gasteiger partial charge in [-0.05, 0) is 24.1 Å². The number of amides is 4. The van der Waals surface area contributed by atoms with Crippen molar-refractivity contribution in [1.29, 1.82) is 0 Å². The lowest BCUT2D eigenvalue weighted by atomic mass is 10.0. The van der Waals surface area contributed by atoms with Gasteiger partial charge in [-0.2, -0.15) is 0 Å². The molecule has 0 aliphatic carbocycles. The highest BCUT2D eigenvalue weighted by Crippen LogP contribution is 2.23. The van der Waals surface area contributed by atoms with Gasteiger partial charge in [-0.15, -0.1) is 0 Å². The zero-order valence-corrected chi connectivity index (χ0v) is 14.8. The van der Waals surface area contributed by atoms with Crippen LogP contribution in [0.3, 0.4) is 0 Å². The van der Waals surface area contributed by atoms with E-state index in [9.17, 15) is 19.2 Å². The SMILES string of the molecule is O=C(CN1CCC(c2ccccc2)NC1=O)ON1C(=O)c2ccccc2C1=O. The smallest absolute Gasteiger partial charge is 0.331 e. The summed E-state index contributed by atoms with van der Waals surface area (Å²) in [6, 6.07) is 15.2. The lowest BCUT2D eigenvalue weighted by Gasteiger charge is -2.32. The summed E-state index contributed by atoms with van der Waals surface area (Å²) in [7, 11) is 0. The minimum absolute atomic E-state index is 0.128. The maximum Gasteiger partial charge on any atom is 0.352 e. The van der Waals surface area contributed by atoms with Gasteiger partial charge in [0.1, 0.15) is 6.54 Å². The molecular formula is C20H17N3O5. The second-order valence-electron chi connectivity index (χ2n) is 6.54. The minimum Gasteiger partial charge on any atom is -0.331 e. The first-order chi connectivity index (χ1) is 13.5. The first-order valence-electron chi connectivity index (χ1n) is 8.83. The molecule has 1 fully saturated rings. The molecule has 0 aromatic heterocycles. The van der Waals surface area contributed by atoms with Crippen LogP contribution in [0, 0.1) is 0 Å². The summed E-state index contributed by atoms with van der Waals surface area (Å²) < 4.78 is 0. The van der Waals surface area contributed by atoms with Crippen molar-refractivity contribution in [3.63, 3.8) is 0 Å². The van der Waals surface area contributed by atoms with E-state index < -0.39 is 23.8 Å². The zero-order chi connectivity index (χ0) is 19.7. The first kappa shape index (κ1) is 17.7. The Balaban J connectivity index is 1.36. The Morgan fingerprint density at radius 3 is 2.18 bits per heavy atom. The van der Waals surface area contributed by atoms with Crippen LogP contribution < -0.4 is 5.32 Å². The van der Waals surface area contributed by atoms with Crippen molar-refractivity contribution >= 4 is 23.8 Å². The molecule has 0 spiro atoms. The van der Waals surface area contributed by atoms with E-state index in [1.165, 1.54) is 17.0 Å². The van der Waals surface area contributed by atoms with Gasteiger partial charge in [0.05, 0.1) is 17.2 Å². The Morgan fingerprint density at radius 1 is 0.964 bits per heavy atom. The number of urea groups is 1. The van der Waals surface area contributed by atoms with E-state index in [0.29, 0.717) is 18.0 Å². The van der Waals surface area contributed by atoms with E-state index in [0.717, 1.165) is 5.56 Å². The predicted molar refractivity (Wildman–Crippen MR) is 96.9 cm³/mol. The molecule has 1 saturated heterocycles. The summed E-state index contributed by atoms with van der Waals surface area (Å²) in [5, 5.41) is 3.29. The summed E-state index contributed by atoms with van der Waals surface area (Å²) >= 11 is 0. The van der Waals surface area contributed by atoms with E-state index in [2.05, 4.69) is 5.32 Å². The molecule has 2 heterocycles. The van der Waals surface area contributed by atoms with Crippen molar-refractivity contribution in [3.8, 4) is 0 Å². The summed E-state index contributed by atoms with van der Waals surface area (Å²) in [6.07, 6.45) is 0.621. The standard InChI is InChI=1S/C20H17N3O5/c24-17(28-23-18(25)14-8-4-5-9-15(14)19(23)26)12-22-11-10-16(21-20(22)27)13-6-2-1-3-7-13/h1-9,16H,10-12H2,(H,21,27). The molecule has 2 aromatic carbocycles. The highest BCUT2D eigenvalue weighted by atomic mass is 16.7. The second kappa shape index (κ2) is 7.15. The number of benzene rings is 2. The van der Waals surface area contributed by atoms with Gasteiger partial charge in [-0.3, -0.25) is 9.59 Å². The molecule has 4 amide bonds. The lowest BCUT2D eigenvalue weighted by Crippen LogP contribution is -2.50. The van der Waals surface area contributed by atoms with Crippen LogP contribution in [0.5, 0.6) is 0 Å². The first-order valence-corrected chi connectivity index (χ1v) is 8.83. The number of hydrogen-bond acceptors (Lipinski definition) is 5. The van der Waals surface area contributed by atoms with Crippen molar-refractivity contribution in [1.82, 2.24) is 15.3 Å². The van der Waals surface area contributed by atoms with Crippen LogP contribution in [0.1, 0.15) is 38.7 Å². The highest BCUT2D eigenvalue weighted by Gasteiger charge is 2.39. The molecule has 1 N–H and O–H groups in total. The number of rotatable bonds is 4. The average Bonchev–Trinajstić information content (AvgIpc) is 2.95. The summed E-state index contributed by atoms with van der Waals surface area (Å²) in [6.45, 7) is -0.0106. The molecule has 1 unspecified atom stereocenters. The van der Waals surface area contributed by atoms with Gasteiger partial charge in [0.2, 0.25) is 0 Å². The molecule has 1 atom stereocenters. The number of hydroxylamine groups is 2. The third kappa shape index (κ3) is 3.20. The Labute approximate surface area is 160 Å². The van der Waals surface area contributed by atoms with Crippen LogP contribution in [0.2, 0.25) is 0 Å². The van der Waals surface area contributed by atoms with Crippen LogP contribution in [0.4, 0.5) is 4.79 Å². The van der Waals surface area contributed by atoms with Gasteiger partial charge in [0.25, 0.3) is 11.8 Å². The molecular weight excluding hydrogens is 362 g/mol. The molecule has 0 radical (unpaired) electrons. The molecule has 8 nitrogen and oxygen atoms in total. The monoisotopic (exact) mass is 379 g/mol. The minimum atomic E-state index is -0.859. The second-order valence-corrected chi connectivity index (χ2v) is 6.54. The van der Waals surface area contributed by atoms with Crippen molar-refractivity contribution in [3.05, 3.63) is 71.3 Å². The molecule has 2 aliphatic rings. The number of carbonyl (C=O) groups is 4. The van der Waals surface area contributed by atoms with E-state index in [1.54, 1.807) is 12.1 Å². The third-order valence-electron chi connectivity index (χ3n) is 4.74. The van der Waals surface area contributed by atoms with Crippen molar-refractivity contribution < 1.29 is 24.0 Å². The third-order valence-corrected chi connectivity index (χ3v) is 4.74. The van der Waals surface area contributed by atoms with E-state index in [4.69, 9.17) is 4.84 Å². The highest BCUT2D eigenvalue weighted by molar-refractivity contribution is 6.20. The molecule has 8 heteroatoms. The van der Waals surface area contributed by atoms with Crippen LogP contribution in [-0.4, -0.2) is 46.9 Å². The average molecular weight is 379 g/mol. The fourth-order valence-corrected chi connectivity index (χ4v) is 3.32.